The SMILES string of the molecule is Cc1[nH]cnc1C[C@@H]1CCc2cc3ccccc3n2C1=O. The number of hydrogen-bond donors (Lipinski definition) is 1. The highest BCUT2D eigenvalue weighted by Crippen LogP contribution is 2.29. The molecule has 0 saturated carbocycles. The zero-order valence-electron chi connectivity index (χ0n) is 12.0. The van der Waals surface area contributed by atoms with Crippen molar-refractivity contribution in [3.8, 4) is 0 Å². The minimum atomic E-state index is 0.0234. The number of carbonyl (C=O) groups excluding carboxylic acids is 1. The Bertz CT molecular complexity index is 828. The van der Waals surface area contributed by atoms with Gasteiger partial charge in [0.15, 0.2) is 0 Å². The molecule has 4 heteroatoms. The van der Waals surface area contributed by atoms with E-state index in [1.165, 1.54) is 0 Å². The van der Waals surface area contributed by atoms with Crippen molar-refractivity contribution in [1.29, 1.82) is 0 Å². The van der Waals surface area contributed by atoms with Gasteiger partial charge in [-0.2, -0.15) is 0 Å². The summed E-state index contributed by atoms with van der Waals surface area (Å²) in [5.74, 6) is 0.232. The number of benzene rings is 1. The molecule has 3 heterocycles. The molecule has 0 spiro atoms. The lowest BCUT2D eigenvalue weighted by atomic mass is 9.92. The zero-order chi connectivity index (χ0) is 14.4. The topological polar surface area (TPSA) is 50.7 Å². The Balaban J connectivity index is 1.73. The van der Waals surface area contributed by atoms with Crippen LogP contribution < -0.4 is 0 Å². The van der Waals surface area contributed by atoms with Crippen molar-refractivity contribution in [1.82, 2.24) is 14.5 Å². The second-order valence-electron chi connectivity index (χ2n) is 5.78. The number of carbonyl (C=O) groups is 1. The summed E-state index contributed by atoms with van der Waals surface area (Å²) in [6.45, 7) is 2.01. The summed E-state index contributed by atoms with van der Waals surface area (Å²) in [6.07, 6.45) is 4.28. The molecule has 0 unspecified atom stereocenters. The number of aromatic amines is 1. The van der Waals surface area contributed by atoms with Gasteiger partial charge in [0, 0.05) is 29.1 Å². The number of hydrogen-bond acceptors (Lipinski definition) is 2. The smallest absolute Gasteiger partial charge is 0.234 e. The summed E-state index contributed by atoms with van der Waals surface area (Å²) < 4.78 is 1.91. The number of nitrogens with one attached hydrogen (secondary N) is 1. The molecule has 1 aliphatic heterocycles. The number of para-hydroxylation sites is 1. The zero-order valence-corrected chi connectivity index (χ0v) is 12.0. The molecule has 4 nitrogen and oxygen atoms in total. The van der Waals surface area contributed by atoms with Crippen LogP contribution in [0.4, 0.5) is 0 Å². The summed E-state index contributed by atoms with van der Waals surface area (Å²) in [4.78, 5) is 20.3. The fourth-order valence-corrected chi connectivity index (χ4v) is 3.30. The van der Waals surface area contributed by atoms with Crippen LogP contribution in [0, 0.1) is 12.8 Å². The molecule has 1 atom stereocenters. The predicted molar refractivity (Wildman–Crippen MR) is 81.4 cm³/mol. The Hall–Kier alpha value is -2.36. The first-order valence-corrected chi connectivity index (χ1v) is 7.36. The monoisotopic (exact) mass is 279 g/mol. The quantitative estimate of drug-likeness (QED) is 0.783. The Morgan fingerprint density at radius 1 is 1.38 bits per heavy atom. The molecule has 1 aromatic carbocycles. The van der Waals surface area contributed by atoms with Gasteiger partial charge in [0.05, 0.1) is 17.5 Å². The minimum Gasteiger partial charge on any atom is -0.348 e. The highest BCUT2D eigenvalue weighted by atomic mass is 16.2. The van der Waals surface area contributed by atoms with Gasteiger partial charge in [-0.15, -0.1) is 0 Å². The molecule has 106 valence electrons. The maximum absolute atomic E-state index is 12.9. The number of fused-ring (bicyclic) bond motifs is 3. The van der Waals surface area contributed by atoms with Gasteiger partial charge in [-0.05, 0) is 31.9 Å². The van der Waals surface area contributed by atoms with Gasteiger partial charge in [-0.25, -0.2) is 4.98 Å². The highest BCUT2D eigenvalue weighted by Gasteiger charge is 2.29. The van der Waals surface area contributed by atoms with E-state index in [9.17, 15) is 4.79 Å². The molecule has 3 aromatic rings. The van der Waals surface area contributed by atoms with Crippen LogP contribution in [0.2, 0.25) is 0 Å². The second kappa shape index (κ2) is 4.58. The molecule has 1 N–H and O–H groups in total. The first-order chi connectivity index (χ1) is 10.2. The average molecular weight is 279 g/mol. The largest absolute Gasteiger partial charge is 0.348 e. The van der Waals surface area contributed by atoms with E-state index < -0.39 is 0 Å². The third-order valence-electron chi connectivity index (χ3n) is 4.48. The number of aromatic nitrogens is 3. The lowest BCUT2D eigenvalue weighted by Gasteiger charge is -2.23. The third kappa shape index (κ3) is 1.90. The van der Waals surface area contributed by atoms with Gasteiger partial charge in [0.1, 0.15) is 0 Å². The summed E-state index contributed by atoms with van der Waals surface area (Å²) in [6, 6.07) is 10.2. The van der Waals surface area contributed by atoms with E-state index in [0.29, 0.717) is 0 Å². The standard InChI is InChI=1S/C17H17N3O/c1-11-15(19-10-18-11)9-13-6-7-14-8-12-4-2-3-5-16(12)20(14)17(13)21/h2-5,8,10,13H,6-7,9H2,1H3,(H,18,19)/t13-/m0/s1. The lowest BCUT2D eigenvalue weighted by Crippen LogP contribution is -2.30. The van der Waals surface area contributed by atoms with Gasteiger partial charge in [-0.1, -0.05) is 18.2 Å². The molecule has 0 radical (unpaired) electrons. The van der Waals surface area contributed by atoms with E-state index in [2.05, 4.69) is 22.1 Å². The average Bonchev–Trinajstić information content (AvgIpc) is 3.06. The van der Waals surface area contributed by atoms with E-state index >= 15 is 0 Å². The summed E-state index contributed by atoms with van der Waals surface area (Å²) in [7, 11) is 0. The van der Waals surface area contributed by atoms with Crippen molar-refractivity contribution in [2.75, 3.05) is 0 Å². The lowest BCUT2D eigenvalue weighted by molar-refractivity contribution is 0.0808. The highest BCUT2D eigenvalue weighted by molar-refractivity contribution is 5.95. The van der Waals surface area contributed by atoms with Crippen molar-refractivity contribution in [2.45, 2.75) is 26.2 Å². The van der Waals surface area contributed by atoms with Crippen molar-refractivity contribution < 1.29 is 4.79 Å². The fourth-order valence-electron chi connectivity index (χ4n) is 3.30. The third-order valence-corrected chi connectivity index (χ3v) is 4.48. The van der Waals surface area contributed by atoms with Crippen molar-refractivity contribution in [3.63, 3.8) is 0 Å². The maximum Gasteiger partial charge on any atom is 0.234 e. The molecule has 21 heavy (non-hydrogen) atoms. The van der Waals surface area contributed by atoms with E-state index in [4.69, 9.17) is 0 Å². The molecule has 0 saturated heterocycles. The van der Waals surface area contributed by atoms with E-state index in [0.717, 1.165) is 47.2 Å². The predicted octanol–water partition coefficient (Wildman–Crippen LogP) is 3.12. The van der Waals surface area contributed by atoms with Crippen LogP contribution in [0.5, 0.6) is 0 Å². The van der Waals surface area contributed by atoms with Crippen LogP contribution in [0.25, 0.3) is 10.9 Å². The van der Waals surface area contributed by atoms with Crippen LogP contribution in [0.1, 0.15) is 28.3 Å². The van der Waals surface area contributed by atoms with Crippen LogP contribution in [-0.4, -0.2) is 20.4 Å². The molecule has 1 aliphatic rings. The van der Waals surface area contributed by atoms with E-state index in [1.807, 2.05) is 29.7 Å². The van der Waals surface area contributed by atoms with Gasteiger partial charge in [0.25, 0.3) is 0 Å². The molecular formula is C17H17N3O. The number of rotatable bonds is 2. The fraction of sp³-hybridized carbons (Fsp3) is 0.294. The Kier molecular flexibility index (Phi) is 2.70. The normalized spacial score (nSPS) is 18.1. The first-order valence-electron chi connectivity index (χ1n) is 7.36. The molecule has 2 aromatic heterocycles. The number of H-pyrrole nitrogens is 1. The van der Waals surface area contributed by atoms with Gasteiger partial charge < -0.3 is 4.98 Å². The summed E-state index contributed by atoms with van der Waals surface area (Å²) >= 11 is 0. The van der Waals surface area contributed by atoms with Crippen molar-refractivity contribution >= 4 is 16.8 Å². The number of aryl methyl sites for hydroxylation is 2. The first kappa shape index (κ1) is 12.4. The van der Waals surface area contributed by atoms with Crippen molar-refractivity contribution in [3.05, 3.63) is 53.7 Å². The minimum absolute atomic E-state index is 0.0234. The van der Waals surface area contributed by atoms with Crippen LogP contribution in [0.15, 0.2) is 36.7 Å². The van der Waals surface area contributed by atoms with Crippen LogP contribution in [-0.2, 0) is 12.8 Å². The summed E-state index contributed by atoms with van der Waals surface area (Å²) in [5, 5.41) is 1.15. The Morgan fingerprint density at radius 2 is 2.24 bits per heavy atom. The molecule has 0 aliphatic carbocycles. The summed E-state index contributed by atoms with van der Waals surface area (Å²) in [5.41, 5.74) is 4.23. The van der Waals surface area contributed by atoms with Gasteiger partial charge in [-0.3, -0.25) is 9.36 Å². The Morgan fingerprint density at radius 3 is 3.05 bits per heavy atom. The van der Waals surface area contributed by atoms with Crippen molar-refractivity contribution in [2.24, 2.45) is 5.92 Å². The molecule has 0 bridgehead atoms. The van der Waals surface area contributed by atoms with Crippen LogP contribution in [0.3, 0.4) is 0 Å². The molecular weight excluding hydrogens is 262 g/mol. The molecule has 0 amide bonds. The van der Waals surface area contributed by atoms with E-state index in [-0.39, 0.29) is 11.8 Å². The van der Waals surface area contributed by atoms with Gasteiger partial charge >= 0.3 is 0 Å². The number of nitrogens with zero attached hydrogens (tertiary/aromatic N) is 2. The van der Waals surface area contributed by atoms with Gasteiger partial charge in [0.2, 0.25) is 5.91 Å². The molecule has 0 fully saturated rings. The Labute approximate surface area is 122 Å². The van der Waals surface area contributed by atoms with Crippen LogP contribution >= 0.6 is 0 Å². The number of imidazole rings is 1. The van der Waals surface area contributed by atoms with E-state index in [1.54, 1.807) is 6.33 Å². The molecule has 4 rings (SSSR count). The second-order valence-corrected chi connectivity index (χ2v) is 5.78. The maximum atomic E-state index is 12.9.